The van der Waals surface area contributed by atoms with Gasteiger partial charge in [-0.05, 0) is 69.2 Å². The predicted molar refractivity (Wildman–Crippen MR) is 109 cm³/mol. The van der Waals surface area contributed by atoms with E-state index in [9.17, 15) is 4.79 Å². The average molecular weight is 491 g/mol. The first-order valence-electron chi connectivity index (χ1n) is 7.20. The second-order valence-corrected chi connectivity index (χ2v) is 7.11. The van der Waals surface area contributed by atoms with Gasteiger partial charge in [-0.1, -0.05) is 30.3 Å². The molecule has 0 saturated heterocycles. The molecule has 0 aliphatic heterocycles. The van der Waals surface area contributed by atoms with Gasteiger partial charge in [0.1, 0.15) is 4.61 Å². The first kappa shape index (κ1) is 16.9. The van der Waals surface area contributed by atoms with Crippen LogP contribution in [0.1, 0.15) is 28.4 Å². The lowest BCUT2D eigenvalue weighted by Crippen LogP contribution is -1.92. The van der Waals surface area contributed by atoms with Crippen molar-refractivity contribution in [1.82, 2.24) is 4.57 Å². The molecule has 0 N–H and O–H groups in total. The molecule has 2 aromatic carbocycles. The molecule has 3 aromatic rings. The smallest absolute Gasteiger partial charge is 0.161 e. The van der Waals surface area contributed by atoms with Crippen LogP contribution in [0.25, 0.3) is 19.1 Å². The number of hydrogen-bond donors (Lipinski definition) is 0. The third-order valence-electron chi connectivity index (χ3n) is 3.75. The second-order valence-electron chi connectivity index (χ2n) is 5.28. The lowest BCUT2D eigenvalue weighted by atomic mass is 10.1. The highest BCUT2D eigenvalue weighted by Gasteiger charge is 2.15. The van der Waals surface area contributed by atoms with Crippen LogP contribution in [-0.2, 0) is 0 Å². The van der Waals surface area contributed by atoms with Crippen LogP contribution in [0.15, 0.2) is 54.7 Å². The quantitative estimate of drug-likeness (QED) is 0.342. The number of para-hydroxylation sites is 1. The number of benzene rings is 2. The van der Waals surface area contributed by atoms with Crippen LogP contribution in [-0.4, -0.2) is 10.4 Å². The summed E-state index contributed by atoms with van der Waals surface area (Å²) in [5.41, 5.74) is 3.30. The van der Waals surface area contributed by atoms with Crippen LogP contribution in [0, 0.1) is 11.3 Å². The molecule has 0 spiro atoms. The minimum atomic E-state index is 0.0404. The lowest BCUT2D eigenvalue weighted by Gasteiger charge is -2.08. The molecule has 118 valence electrons. The molecule has 0 bridgehead atoms. The fourth-order valence-electron chi connectivity index (χ4n) is 2.54. The summed E-state index contributed by atoms with van der Waals surface area (Å²) in [6.45, 7) is 1.58. The van der Waals surface area contributed by atoms with Crippen LogP contribution < -0.4 is 0 Å². The van der Waals surface area contributed by atoms with E-state index in [1.165, 1.54) is 0 Å². The van der Waals surface area contributed by atoms with Crippen LogP contribution >= 0.6 is 38.5 Å². The van der Waals surface area contributed by atoms with Gasteiger partial charge in [0, 0.05) is 17.1 Å². The van der Waals surface area contributed by atoms with Gasteiger partial charge in [0.05, 0.1) is 20.7 Å². The number of nitriles is 1. The van der Waals surface area contributed by atoms with Crippen LogP contribution in [0.2, 0.25) is 0 Å². The Morgan fingerprint density at radius 3 is 2.46 bits per heavy atom. The summed E-state index contributed by atoms with van der Waals surface area (Å²) in [6, 6.07) is 17.4. The minimum Gasteiger partial charge on any atom is -0.309 e. The Kier molecular flexibility index (Phi) is 4.88. The number of nitrogens with zero attached hydrogens (tertiary/aromatic N) is 2. The summed E-state index contributed by atoms with van der Waals surface area (Å²) in [5.74, 6) is 0.0404. The zero-order valence-electron chi connectivity index (χ0n) is 12.8. The molecule has 0 aliphatic carbocycles. The van der Waals surface area contributed by atoms with E-state index in [2.05, 4.69) is 44.6 Å². The third-order valence-corrected chi connectivity index (χ3v) is 6.40. The largest absolute Gasteiger partial charge is 0.309 e. The summed E-state index contributed by atoms with van der Waals surface area (Å²) in [5, 5.41) is 9.85. The maximum absolute atomic E-state index is 11.9. The SMILES string of the molecule is CC(=O)c1cn(/C(Br)=C(\I)c2ccc(C#N)cc2)c2ccccc12. The fraction of sp³-hybridized carbons (Fsp3) is 0.0526. The van der Waals surface area contributed by atoms with Gasteiger partial charge in [-0.15, -0.1) is 0 Å². The zero-order chi connectivity index (χ0) is 17.3. The maximum Gasteiger partial charge on any atom is 0.161 e. The molecule has 0 aliphatic rings. The number of halogens is 2. The van der Waals surface area contributed by atoms with Crippen molar-refractivity contribution in [2.45, 2.75) is 6.92 Å². The second kappa shape index (κ2) is 6.91. The normalized spacial score (nSPS) is 11.9. The van der Waals surface area contributed by atoms with Crippen molar-refractivity contribution in [3.63, 3.8) is 0 Å². The van der Waals surface area contributed by atoms with E-state index in [1.54, 1.807) is 19.1 Å². The fourth-order valence-corrected chi connectivity index (χ4v) is 3.68. The van der Waals surface area contributed by atoms with E-state index in [1.807, 2.05) is 47.2 Å². The van der Waals surface area contributed by atoms with E-state index in [0.717, 1.165) is 24.7 Å². The summed E-state index contributed by atoms with van der Waals surface area (Å²) in [4.78, 5) is 11.9. The Morgan fingerprint density at radius 1 is 1.17 bits per heavy atom. The van der Waals surface area contributed by atoms with Gasteiger partial charge < -0.3 is 4.57 Å². The molecule has 3 rings (SSSR count). The van der Waals surface area contributed by atoms with Gasteiger partial charge in [0.2, 0.25) is 0 Å². The predicted octanol–water partition coefficient (Wildman–Crippen LogP) is 5.83. The maximum atomic E-state index is 11.9. The van der Waals surface area contributed by atoms with Crippen LogP contribution in [0.3, 0.4) is 0 Å². The Bertz CT molecular complexity index is 1010. The molecule has 0 saturated carbocycles. The van der Waals surface area contributed by atoms with Crippen molar-refractivity contribution >= 4 is 63.4 Å². The van der Waals surface area contributed by atoms with Gasteiger partial charge >= 0.3 is 0 Å². The van der Waals surface area contributed by atoms with E-state index >= 15 is 0 Å². The van der Waals surface area contributed by atoms with E-state index < -0.39 is 0 Å². The summed E-state index contributed by atoms with van der Waals surface area (Å²) in [7, 11) is 0. The Morgan fingerprint density at radius 2 is 1.83 bits per heavy atom. The molecule has 0 fully saturated rings. The van der Waals surface area contributed by atoms with Gasteiger partial charge in [0.25, 0.3) is 0 Å². The van der Waals surface area contributed by atoms with Crippen molar-refractivity contribution in [3.8, 4) is 6.07 Å². The number of aromatic nitrogens is 1. The monoisotopic (exact) mass is 490 g/mol. The third kappa shape index (κ3) is 3.04. The molecular weight excluding hydrogens is 479 g/mol. The Labute approximate surface area is 161 Å². The zero-order valence-corrected chi connectivity index (χ0v) is 16.5. The first-order chi connectivity index (χ1) is 11.5. The summed E-state index contributed by atoms with van der Waals surface area (Å²) < 4.78 is 3.83. The highest BCUT2D eigenvalue weighted by atomic mass is 127. The first-order valence-corrected chi connectivity index (χ1v) is 9.07. The molecular formula is C19H12BrIN2O. The van der Waals surface area contributed by atoms with E-state index in [4.69, 9.17) is 5.26 Å². The molecule has 5 heteroatoms. The topological polar surface area (TPSA) is 45.8 Å². The lowest BCUT2D eigenvalue weighted by molar-refractivity contribution is 0.101. The highest BCUT2D eigenvalue weighted by Crippen LogP contribution is 2.36. The molecule has 0 amide bonds. The average Bonchev–Trinajstić information content (AvgIpc) is 3.00. The number of hydrogen-bond acceptors (Lipinski definition) is 2. The molecule has 0 atom stereocenters. The molecule has 24 heavy (non-hydrogen) atoms. The standard InChI is InChI=1S/C19H12BrIN2O/c1-12(24)16-11-23(17-5-3-2-4-15(16)17)19(20)18(21)14-8-6-13(10-22)7-9-14/h2-9,11H,1H3/b19-18-. The summed E-state index contributed by atoms with van der Waals surface area (Å²) >= 11 is 5.93. The van der Waals surface area contributed by atoms with Crippen molar-refractivity contribution in [3.05, 3.63) is 71.4 Å². The number of ketones is 1. The number of fused-ring (bicyclic) bond motifs is 1. The molecule has 0 unspecified atom stereocenters. The van der Waals surface area contributed by atoms with Gasteiger partial charge in [-0.2, -0.15) is 5.26 Å². The number of carbonyl (C=O) groups is 1. The van der Waals surface area contributed by atoms with Crippen molar-refractivity contribution in [2.24, 2.45) is 0 Å². The van der Waals surface area contributed by atoms with E-state index in [0.29, 0.717) is 11.1 Å². The molecule has 3 nitrogen and oxygen atoms in total. The van der Waals surface area contributed by atoms with E-state index in [-0.39, 0.29) is 5.78 Å². The van der Waals surface area contributed by atoms with Gasteiger partial charge in [0.15, 0.2) is 5.78 Å². The Balaban J connectivity index is 2.18. The number of Topliss-reactive ketones (excluding diaryl/α,β-unsaturated/α-hetero) is 1. The van der Waals surface area contributed by atoms with Crippen molar-refractivity contribution in [2.75, 3.05) is 0 Å². The summed E-state index contributed by atoms with van der Waals surface area (Å²) in [6.07, 6.45) is 1.86. The van der Waals surface area contributed by atoms with Crippen LogP contribution in [0.5, 0.6) is 0 Å². The molecule has 1 heterocycles. The van der Waals surface area contributed by atoms with Crippen molar-refractivity contribution in [1.29, 1.82) is 5.26 Å². The Hall–Kier alpha value is -1.91. The number of rotatable bonds is 3. The van der Waals surface area contributed by atoms with Crippen LogP contribution in [0.4, 0.5) is 0 Å². The van der Waals surface area contributed by atoms with Crippen molar-refractivity contribution < 1.29 is 4.79 Å². The molecule has 1 aromatic heterocycles. The van der Waals surface area contributed by atoms with Gasteiger partial charge in [-0.25, -0.2) is 0 Å². The number of carbonyl (C=O) groups excluding carboxylic acids is 1. The molecule has 0 radical (unpaired) electrons. The highest BCUT2D eigenvalue weighted by molar-refractivity contribution is 14.1. The van der Waals surface area contributed by atoms with Gasteiger partial charge in [-0.3, -0.25) is 4.79 Å². The minimum absolute atomic E-state index is 0.0404.